The lowest BCUT2D eigenvalue weighted by molar-refractivity contribution is -0.142. The molecule has 1 aliphatic rings. The molecule has 7 heteroatoms. The van der Waals surface area contributed by atoms with Crippen molar-refractivity contribution in [3.63, 3.8) is 0 Å². The molecule has 142 valence electrons. The molecule has 1 aromatic heterocycles. The number of benzene rings is 1. The number of aromatic nitrogens is 2. The summed E-state index contributed by atoms with van der Waals surface area (Å²) in [4.78, 5) is 19.9. The Hall–Kier alpha value is -2.70. The molecule has 0 spiro atoms. The van der Waals surface area contributed by atoms with Crippen LogP contribution < -0.4 is 5.32 Å². The van der Waals surface area contributed by atoms with Crippen LogP contribution in [0.4, 0.5) is 13.2 Å². The second-order valence-electron chi connectivity index (χ2n) is 6.40. The first kappa shape index (κ1) is 19.1. The first-order valence-corrected chi connectivity index (χ1v) is 8.90. The quantitative estimate of drug-likeness (QED) is 0.810. The minimum atomic E-state index is -4.49. The van der Waals surface area contributed by atoms with Crippen molar-refractivity contribution >= 4 is 12.0 Å². The minimum absolute atomic E-state index is 0.121. The van der Waals surface area contributed by atoms with E-state index in [-0.39, 0.29) is 30.3 Å². The van der Waals surface area contributed by atoms with E-state index in [9.17, 15) is 18.0 Å². The summed E-state index contributed by atoms with van der Waals surface area (Å²) in [5, 5.41) is 2.65. The molecule has 0 atom stereocenters. The fourth-order valence-corrected chi connectivity index (χ4v) is 3.08. The van der Waals surface area contributed by atoms with Crippen LogP contribution in [0, 0.1) is 0 Å². The number of alkyl halides is 3. The smallest absolute Gasteiger partial charge is 0.352 e. The van der Waals surface area contributed by atoms with Crippen LogP contribution in [0.25, 0.3) is 6.08 Å². The summed E-state index contributed by atoms with van der Waals surface area (Å²) < 4.78 is 39.9. The molecule has 1 aliphatic carbocycles. The number of nitrogens with zero attached hydrogens (tertiary/aromatic N) is 2. The van der Waals surface area contributed by atoms with Crippen LogP contribution in [-0.2, 0) is 30.2 Å². The van der Waals surface area contributed by atoms with Gasteiger partial charge in [0.25, 0.3) is 0 Å². The number of aryl methyl sites for hydroxylation is 1. The van der Waals surface area contributed by atoms with Crippen LogP contribution in [-0.4, -0.2) is 22.4 Å². The monoisotopic (exact) mass is 375 g/mol. The van der Waals surface area contributed by atoms with E-state index in [4.69, 9.17) is 0 Å². The van der Waals surface area contributed by atoms with E-state index in [0.29, 0.717) is 18.5 Å². The van der Waals surface area contributed by atoms with Crippen molar-refractivity contribution in [1.29, 1.82) is 0 Å². The molecule has 0 saturated carbocycles. The van der Waals surface area contributed by atoms with E-state index >= 15 is 0 Å². The van der Waals surface area contributed by atoms with E-state index < -0.39 is 11.9 Å². The van der Waals surface area contributed by atoms with E-state index in [1.807, 2.05) is 30.3 Å². The van der Waals surface area contributed by atoms with Crippen molar-refractivity contribution in [1.82, 2.24) is 15.3 Å². The summed E-state index contributed by atoms with van der Waals surface area (Å²) in [5.74, 6) is -0.192. The number of carbonyl (C=O) groups is 1. The second-order valence-corrected chi connectivity index (χ2v) is 6.40. The van der Waals surface area contributed by atoms with Crippen LogP contribution in [0.1, 0.15) is 41.2 Å². The van der Waals surface area contributed by atoms with E-state index in [1.165, 1.54) is 6.08 Å². The van der Waals surface area contributed by atoms with Crippen LogP contribution >= 0.6 is 0 Å². The predicted molar refractivity (Wildman–Crippen MR) is 95.9 cm³/mol. The topological polar surface area (TPSA) is 54.9 Å². The van der Waals surface area contributed by atoms with E-state index in [2.05, 4.69) is 15.3 Å². The average Bonchev–Trinajstić information content (AvgIpc) is 2.66. The highest BCUT2D eigenvalue weighted by atomic mass is 19.4. The summed E-state index contributed by atoms with van der Waals surface area (Å²) in [6.45, 7) is 0.175. The molecular formula is C20H20F3N3O. The van der Waals surface area contributed by atoms with Crippen molar-refractivity contribution in [2.24, 2.45) is 0 Å². The standard InChI is InChI=1S/C20H20F3N3O/c21-20(22,23)19-15-8-4-5-9-16(15)25-17(26-19)12-13-24-18(27)11-10-14-6-2-1-3-7-14/h1-3,6-7,10-11H,4-5,8-9,12-13H2,(H,24,27). The Morgan fingerprint density at radius 2 is 1.85 bits per heavy atom. The molecule has 1 amide bonds. The third kappa shape index (κ3) is 5.15. The molecule has 1 aromatic carbocycles. The van der Waals surface area contributed by atoms with Gasteiger partial charge in [-0.3, -0.25) is 4.79 Å². The Kier molecular flexibility index (Phi) is 5.88. The van der Waals surface area contributed by atoms with Crippen LogP contribution in [0.2, 0.25) is 0 Å². The fourth-order valence-electron chi connectivity index (χ4n) is 3.08. The van der Waals surface area contributed by atoms with E-state index in [1.54, 1.807) is 6.08 Å². The van der Waals surface area contributed by atoms with Gasteiger partial charge < -0.3 is 5.32 Å². The normalized spacial score (nSPS) is 14.2. The maximum atomic E-state index is 13.3. The maximum absolute atomic E-state index is 13.3. The Labute approximate surface area is 155 Å². The molecule has 1 N–H and O–H groups in total. The fraction of sp³-hybridized carbons (Fsp3) is 0.350. The first-order chi connectivity index (χ1) is 12.9. The lowest BCUT2D eigenvalue weighted by atomic mass is 9.94. The van der Waals surface area contributed by atoms with Gasteiger partial charge in [0.15, 0.2) is 5.69 Å². The Bertz CT molecular complexity index is 832. The van der Waals surface area contributed by atoms with Crippen LogP contribution in [0.5, 0.6) is 0 Å². The number of hydrogen-bond acceptors (Lipinski definition) is 3. The van der Waals surface area contributed by atoms with Crippen molar-refractivity contribution < 1.29 is 18.0 Å². The van der Waals surface area contributed by atoms with Gasteiger partial charge in [-0.25, -0.2) is 9.97 Å². The first-order valence-electron chi connectivity index (χ1n) is 8.90. The highest BCUT2D eigenvalue weighted by Crippen LogP contribution is 2.34. The SMILES string of the molecule is O=C(C=Cc1ccccc1)NCCc1nc2c(c(C(F)(F)F)n1)CCCC2. The zero-order valence-electron chi connectivity index (χ0n) is 14.7. The molecule has 0 saturated heterocycles. The van der Waals surface area contributed by atoms with Gasteiger partial charge in [-0.15, -0.1) is 0 Å². The van der Waals surface area contributed by atoms with Crippen molar-refractivity contribution in [2.45, 2.75) is 38.3 Å². The number of rotatable bonds is 5. The summed E-state index contributed by atoms with van der Waals surface area (Å²) in [5.41, 5.74) is 0.791. The van der Waals surface area contributed by atoms with Crippen LogP contribution in [0.15, 0.2) is 36.4 Å². The average molecular weight is 375 g/mol. The van der Waals surface area contributed by atoms with Crippen molar-refractivity contribution in [3.05, 3.63) is 64.7 Å². The van der Waals surface area contributed by atoms with Gasteiger partial charge >= 0.3 is 6.18 Å². The maximum Gasteiger partial charge on any atom is 0.433 e. The number of hydrogen-bond donors (Lipinski definition) is 1. The molecule has 27 heavy (non-hydrogen) atoms. The summed E-state index contributed by atoms with van der Waals surface area (Å²) in [6.07, 6.45) is 1.20. The number of nitrogens with one attached hydrogen (secondary N) is 1. The molecule has 2 aromatic rings. The Morgan fingerprint density at radius 1 is 1.11 bits per heavy atom. The summed E-state index contributed by atoms with van der Waals surface area (Å²) >= 11 is 0. The van der Waals surface area contributed by atoms with Gasteiger partial charge in [0.2, 0.25) is 5.91 Å². The molecular weight excluding hydrogens is 355 g/mol. The minimum Gasteiger partial charge on any atom is -0.352 e. The number of halogens is 3. The third-order valence-electron chi connectivity index (χ3n) is 4.37. The molecule has 0 fully saturated rings. The molecule has 4 nitrogen and oxygen atoms in total. The van der Waals surface area contributed by atoms with Crippen molar-refractivity contribution in [3.8, 4) is 0 Å². The lowest BCUT2D eigenvalue weighted by Crippen LogP contribution is -2.26. The highest BCUT2D eigenvalue weighted by Gasteiger charge is 2.37. The zero-order valence-corrected chi connectivity index (χ0v) is 14.7. The van der Waals surface area contributed by atoms with Gasteiger partial charge in [-0.05, 0) is 37.3 Å². The largest absolute Gasteiger partial charge is 0.433 e. The highest BCUT2D eigenvalue weighted by molar-refractivity contribution is 5.91. The van der Waals surface area contributed by atoms with Crippen LogP contribution in [0.3, 0.4) is 0 Å². The molecule has 1 heterocycles. The van der Waals surface area contributed by atoms with Crippen molar-refractivity contribution in [2.75, 3.05) is 6.54 Å². The van der Waals surface area contributed by atoms with E-state index in [0.717, 1.165) is 18.4 Å². The number of fused-ring (bicyclic) bond motifs is 1. The second kappa shape index (κ2) is 8.33. The molecule has 3 rings (SSSR count). The van der Waals surface area contributed by atoms with Gasteiger partial charge in [0, 0.05) is 30.3 Å². The Morgan fingerprint density at radius 3 is 2.59 bits per heavy atom. The third-order valence-corrected chi connectivity index (χ3v) is 4.37. The predicted octanol–water partition coefficient (Wildman–Crippen LogP) is 3.75. The molecule has 0 radical (unpaired) electrons. The summed E-state index contributed by atoms with van der Waals surface area (Å²) in [7, 11) is 0. The van der Waals surface area contributed by atoms with Gasteiger partial charge in [0.1, 0.15) is 5.82 Å². The summed E-state index contributed by atoms with van der Waals surface area (Å²) in [6, 6.07) is 9.34. The lowest BCUT2D eigenvalue weighted by Gasteiger charge is -2.20. The molecule has 0 bridgehead atoms. The van der Waals surface area contributed by atoms with Gasteiger partial charge in [-0.1, -0.05) is 30.3 Å². The molecule has 0 aliphatic heterocycles. The zero-order chi connectivity index (χ0) is 19.3. The van der Waals surface area contributed by atoms with Gasteiger partial charge in [0.05, 0.1) is 0 Å². The number of amides is 1. The van der Waals surface area contributed by atoms with Gasteiger partial charge in [-0.2, -0.15) is 13.2 Å². The number of carbonyl (C=O) groups excluding carboxylic acids is 1. The Balaban J connectivity index is 1.62. The molecule has 0 unspecified atom stereocenters.